The molecule has 1 fully saturated rings. The lowest BCUT2D eigenvalue weighted by molar-refractivity contribution is -0.116. The van der Waals surface area contributed by atoms with E-state index in [2.05, 4.69) is 30.6 Å². The van der Waals surface area contributed by atoms with E-state index >= 15 is 0 Å². The van der Waals surface area contributed by atoms with E-state index < -0.39 is 24.8 Å². The third-order valence-electron chi connectivity index (χ3n) is 7.77. The highest BCUT2D eigenvalue weighted by Crippen LogP contribution is 2.55. The molecule has 0 aliphatic carbocycles. The summed E-state index contributed by atoms with van der Waals surface area (Å²) in [5.41, 5.74) is 0.229. The molecule has 0 spiro atoms. The summed E-state index contributed by atoms with van der Waals surface area (Å²) in [7, 11) is -2.22. The Kier molecular flexibility index (Phi) is 12.5. The summed E-state index contributed by atoms with van der Waals surface area (Å²) in [6.45, 7) is 13.2. The number of hydrogen-bond acceptors (Lipinski definition) is 12. The van der Waals surface area contributed by atoms with E-state index in [1.54, 1.807) is 25.6 Å². The number of phosphoric acid groups is 1. The third kappa shape index (κ3) is 11.4. The molecule has 0 bridgehead atoms. The minimum absolute atomic E-state index is 0.0652. The van der Waals surface area contributed by atoms with Crippen molar-refractivity contribution in [2.45, 2.75) is 84.6 Å². The van der Waals surface area contributed by atoms with Gasteiger partial charge in [-0.3, -0.25) is 27.9 Å². The van der Waals surface area contributed by atoms with Crippen molar-refractivity contribution in [1.29, 1.82) is 0 Å². The molecule has 2 aromatic carbocycles. The van der Waals surface area contributed by atoms with Gasteiger partial charge in [-0.15, -0.1) is 0 Å². The van der Waals surface area contributed by atoms with Crippen LogP contribution in [-0.4, -0.2) is 81.2 Å². The topological polar surface area (TPSA) is 151 Å². The van der Waals surface area contributed by atoms with Crippen molar-refractivity contribution in [2.24, 2.45) is 0 Å². The first kappa shape index (κ1) is 39.1. The van der Waals surface area contributed by atoms with Crippen LogP contribution in [0.4, 0.5) is 21.6 Å². The first-order valence-electron chi connectivity index (χ1n) is 17.3. The number of methoxy groups -OCH3 is 1. The number of hydrogen-bond donors (Lipinski definition) is 2. The number of carbonyl (C=O) groups excluding carboxylic acids is 1. The summed E-state index contributed by atoms with van der Waals surface area (Å²) < 4.78 is 57.8. The summed E-state index contributed by atoms with van der Waals surface area (Å²) in [4.78, 5) is 23.6. The maximum absolute atomic E-state index is 13.5. The van der Waals surface area contributed by atoms with Gasteiger partial charge in [0.1, 0.15) is 24.5 Å². The molecule has 1 saturated heterocycles. The number of rotatable bonds is 16. The van der Waals surface area contributed by atoms with Crippen LogP contribution in [0.1, 0.15) is 60.8 Å². The van der Waals surface area contributed by atoms with Gasteiger partial charge in [-0.1, -0.05) is 6.07 Å². The van der Waals surface area contributed by atoms with Crippen LogP contribution < -0.4 is 20.1 Å². The van der Waals surface area contributed by atoms with Crippen molar-refractivity contribution in [2.75, 3.05) is 44.0 Å². The normalized spacial score (nSPS) is 15.6. The molecule has 0 unspecified atom stereocenters. The predicted octanol–water partition coefficient (Wildman–Crippen LogP) is 7.34. The van der Waals surface area contributed by atoms with Gasteiger partial charge in [0.05, 0.1) is 48.9 Å². The molecule has 2 N–H and O–H groups in total. The second kappa shape index (κ2) is 16.7. The second-order valence-electron chi connectivity index (χ2n) is 14.5. The number of aromatic nitrogens is 4. The average Bonchev–Trinajstić information content (AvgIpc) is 3.69. The summed E-state index contributed by atoms with van der Waals surface area (Å²) in [5.74, 6) is 0.814. The molecule has 1 atom stereocenters. The summed E-state index contributed by atoms with van der Waals surface area (Å²) in [6, 6.07) is 9.41. The van der Waals surface area contributed by atoms with E-state index in [-0.39, 0.29) is 25.1 Å². The van der Waals surface area contributed by atoms with Crippen molar-refractivity contribution in [3.05, 3.63) is 60.9 Å². The largest absolute Gasteiger partial charge is 0.493 e. The molecule has 1 aliphatic rings. The van der Waals surface area contributed by atoms with E-state index in [0.717, 1.165) is 32.4 Å². The number of ether oxygens (including phenoxy) is 2. The number of nitrogens with zero attached hydrogens (tertiary/aromatic N) is 5. The monoisotopic (exact) mass is 741 g/mol. The van der Waals surface area contributed by atoms with Crippen LogP contribution in [0.25, 0.3) is 10.9 Å². The highest BCUT2D eigenvalue weighted by Gasteiger charge is 2.38. The lowest BCUT2D eigenvalue weighted by Crippen LogP contribution is -2.35. The molecule has 4 aromatic rings. The Balaban J connectivity index is 1.15. The lowest BCUT2D eigenvalue weighted by atomic mass is 10.2. The average molecular weight is 742 g/mol. The third-order valence-corrected chi connectivity index (χ3v) is 9.78. The van der Waals surface area contributed by atoms with Crippen LogP contribution in [0.3, 0.4) is 0 Å². The summed E-state index contributed by atoms with van der Waals surface area (Å²) in [6.07, 6.45) is 7.38. The van der Waals surface area contributed by atoms with Crippen LogP contribution in [-0.2, 0) is 29.5 Å². The molecule has 0 saturated carbocycles. The van der Waals surface area contributed by atoms with Gasteiger partial charge in [0, 0.05) is 35.9 Å². The fraction of sp³-hybridized carbons (Fsp3) is 0.500. The molecule has 3 heterocycles. The zero-order chi connectivity index (χ0) is 37.5. The van der Waals surface area contributed by atoms with Crippen molar-refractivity contribution >= 4 is 41.8 Å². The Morgan fingerprint density at radius 2 is 1.81 bits per heavy atom. The Bertz CT molecular complexity index is 1860. The number of phosphoric ester groups is 1. The fourth-order valence-electron chi connectivity index (χ4n) is 5.75. The molecule has 0 radical (unpaired) electrons. The number of carbonyl (C=O) groups is 1. The molecule has 1 amide bonds. The number of benzene rings is 2. The number of anilines is 3. The highest BCUT2D eigenvalue weighted by molar-refractivity contribution is 7.48. The number of likely N-dealkylation sites (tertiary alicyclic amines) is 1. The Morgan fingerprint density at radius 3 is 2.52 bits per heavy atom. The smallest absolute Gasteiger partial charge is 0.475 e. The first-order chi connectivity index (χ1) is 24.6. The Labute approximate surface area is 304 Å². The molecular weight excluding hydrogens is 692 g/mol. The number of amides is 1. The van der Waals surface area contributed by atoms with Gasteiger partial charge >= 0.3 is 7.82 Å². The van der Waals surface area contributed by atoms with Gasteiger partial charge < -0.3 is 20.1 Å². The highest BCUT2D eigenvalue weighted by atomic mass is 31.2. The van der Waals surface area contributed by atoms with Crippen molar-refractivity contribution in [1.82, 2.24) is 24.6 Å². The van der Waals surface area contributed by atoms with E-state index in [0.29, 0.717) is 46.2 Å². The van der Waals surface area contributed by atoms with E-state index in [4.69, 9.17) is 23.0 Å². The van der Waals surface area contributed by atoms with Crippen LogP contribution in [0.5, 0.6) is 11.5 Å². The summed E-state index contributed by atoms with van der Waals surface area (Å²) in [5, 5.41) is 10.9. The van der Waals surface area contributed by atoms with E-state index in [9.17, 15) is 13.8 Å². The first-order valence-corrected chi connectivity index (χ1v) is 18.7. The molecule has 16 heteroatoms. The number of fused-ring (bicyclic) bond motifs is 1. The second-order valence-corrected chi connectivity index (χ2v) is 16.1. The van der Waals surface area contributed by atoms with Gasteiger partial charge in [0.2, 0.25) is 5.91 Å². The van der Waals surface area contributed by atoms with Crippen molar-refractivity contribution in [3.63, 3.8) is 0 Å². The van der Waals surface area contributed by atoms with Gasteiger partial charge in [-0.25, -0.2) is 18.9 Å². The molecule has 1 aliphatic heterocycles. The Morgan fingerprint density at radius 1 is 1.04 bits per heavy atom. The van der Waals surface area contributed by atoms with Crippen LogP contribution in [0, 0.1) is 5.82 Å². The van der Waals surface area contributed by atoms with Crippen LogP contribution >= 0.6 is 7.82 Å². The van der Waals surface area contributed by atoms with Crippen LogP contribution in [0.15, 0.2) is 55.1 Å². The van der Waals surface area contributed by atoms with Crippen molar-refractivity contribution in [3.8, 4) is 11.5 Å². The van der Waals surface area contributed by atoms with Crippen LogP contribution in [0.2, 0.25) is 0 Å². The molecule has 2 aromatic heterocycles. The standard InChI is InChI=1S/C36H49FN7O7P/c1-35(2,3)50-52(46,51-36(4,5)6)49-23-28-13-9-14-43(28)15-10-16-48-32-19-30-29(18-31(32)47-7)34(39-24-38-30)42-27-20-40-44(21-27)22-33(45)41-26-12-8-11-25(37)17-26/h8,11-12,17-21,24,28H,9-10,13-16,22-23H2,1-7H3,(H,41,45)(H,38,39,42)/t28-/m1/s1. The van der Waals surface area contributed by atoms with Gasteiger partial charge in [-0.2, -0.15) is 5.10 Å². The number of nitrogens with one attached hydrogen (secondary N) is 2. The predicted molar refractivity (Wildman–Crippen MR) is 197 cm³/mol. The molecule has 52 heavy (non-hydrogen) atoms. The SMILES string of the molecule is COc1cc2c(Nc3cnn(CC(=O)Nc4cccc(F)c4)c3)ncnc2cc1OCCCN1CCC[C@@H]1COP(=O)(OC(C)(C)C)OC(C)(C)C. The minimum atomic E-state index is -3.79. The van der Waals surface area contributed by atoms with Gasteiger partial charge in [-0.05, 0) is 91.6 Å². The van der Waals surface area contributed by atoms with Gasteiger partial charge in [0.15, 0.2) is 11.5 Å². The quantitative estimate of drug-likeness (QED) is 0.0873. The Hall–Kier alpha value is -4.14. The van der Waals surface area contributed by atoms with E-state index in [1.807, 2.05) is 53.7 Å². The summed E-state index contributed by atoms with van der Waals surface area (Å²) >= 11 is 0. The van der Waals surface area contributed by atoms with E-state index in [1.165, 1.54) is 29.2 Å². The zero-order valence-electron chi connectivity index (χ0n) is 30.8. The molecule has 5 rings (SSSR count). The van der Waals surface area contributed by atoms with Gasteiger partial charge in [0.25, 0.3) is 0 Å². The molecule has 14 nitrogen and oxygen atoms in total. The maximum atomic E-state index is 13.5. The minimum Gasteiger partial charge on any atom is -0.493 e. The number of halogens is 1. The maximum Gasteiger partial charge on any atom is 0.475 e. The zero-order valence-corrected chi connectivity index (χ0v) is 31.7. The fourth-order valence-corrected chi connectivity index (χ4v) is 7.59. The molecule has 282 valence electrons. The van der Waals surface area contributed by atoms with Crippen molar-refractivity contribution < 1.29 is 36.8 Å². The lowest BCUT2D eigenvalue weighted by Gasteiger charge is -2.32. The molecular formula is C36H49FN7O7P.